The summed E-state index contributed by atoms with van der Waals surface area (Å²) in [6.45, 7) is 19.3. The van der Waals surface area contributed by atoms with Crippen LogP contribution in [-0.2, 0) is 0 Å². The third kappa shape index (κ3) is 15.2. The van der Waals surface area contributed by atoms with Crippen molar-refractivity contribution in [3.8, 4) is 22.5 Å². The third-order valence-corrected chi connectivity index (χ3v) is 10.6. The molecule has 13 nitrogen and oxygen atoms in total. The number of carbonyl (C=O) groups excluding carboxylic acids is 1. The molecule has 2 aromatic carbocycles. The highest BCUT2D eigenvalue weighted by Crippen LogP contribution is 2.34. The first kappa shape index (κ1) is 55.7. The normalized spacial score (nSPS) is 11.5. The van der Waals surface area contributed by atoms with Crippen LogP contribution in [0.2, 0.25) is 10.0 Å². The van der Waals surface area contributed by atoms with Gasteiger partial charge in [0, 0.05) is 86.9 Å². The van der Waals surface area contributed by atoms with Gasteiger partial charge in [0.15, 0.2) is 0 Å². The van der Waals surface area contributed by atoms with Crippen LogP contribution < -0.4 is 21.7 Å². The number of nitrogens with one attached hydrogen (secondary N) is 3. The summed E-state index contributed by atoms with van der Waals surface area (Å²) in [6, 6.07) is 14.6. The van der Waals surface area contributed by atoms with Crippen molar-refractivity contribution in [2.24, 2.45) is 17.6 Å². The molecule has 0 aliphatic heterocycles. The van der Waals surface area contributed by atoms with E-state index in [1.54, 1.807) is 49.8 Å². The lowest BCUT2D eigenvalue weighted by molar-refractivity contribution is 0.0697. The van der Waals surface area contributed by atoms with Crippen molar-refractivity contribution in [1.82, 2.24) is 25.3 Å². The Balaban J connectivity index is 0.000000316. The number of pyridine rings is 4. The van der Waals surface area contributed by atoms with E-state index in [2.05, 4.69) is 49.0 Å². The number of carbonyl (C=O) groups is 2. The molecule has 4 aromatic heterocycles. The Morgan fingerprint density at radius 1 is 0.662 bits per heavy atom. The van der Waals surface area contributed by atoms with Gasteiger partial charge in [0.25, 0.3) is 5.91 Å². The Bertz CT molecular complexity index is 2720. The molecule has 0 spiro atoms. The SMILES string of the molecule is C.C=C(C)c1cnc(-c2cc(Cl)ccc2F)cc1Nc1ccncc1C(=O)N[C@@H](CO)C(C)C.C=C(C)c1cnc(-c2cc(Cl)ccc2F)cc1Nc1ccncc1C(=O)O.CC(C)[C@@H](N)CO. The van der Waals surface area contributed by atoms with Gasteiger partial charge in [0.2, 0.25) is 0 Å². The zero-order chi connectivity index (χ0) is 49.5. The predicted molar refractivity (Wildman–Crippen MR) is 271 cm³/mol. The van der Waals surface area contributed by atoms with Crippen molar-refractivity contribution >= 4 is 69.0 Å². The highest BCUT2D eigenvalue weighted by molar-refractivity contribution is 6.31. The van der Waals surface area contributed by atoms with Gasteiger partial charge in [-0.25, -0.2) is 13.6 Å². The number of allylic oxidation sites excluding steroid dienone is 2. The summed E-state index contributed by atoms with van der Waals surface area (Å²) >= 11 is 12.0. The molecule has 0 aliphatic rings. The van der Waals surface area contributed by atoms with E-state index in [-0.39, 0.29) is 55.2 Å². The average Bonchev–Trinajstić information content (AvgIpc) is 3.29. The molecule has 2 atom stereocenters. The van der Waals surface area contributed by atoms with Crippen molar-refractivity contribution in [2.45, 2.75) is 61.1 Å². The molecular weight excluding hydrogens is 914 g/mol. The monoisotopic (exact) mass is 970 g/mol. The molecule has 4 heterocycles. The summed E-state index contributed by atoms with van der Waals surface area (Å²) in [5.41, 5.74) is 11.7. The van der Waals surface area contributed by atoms with Crippen molar-refractivity contribution in [1.29, 1.82) is 0 Å². The Kier molecular flexibility index (Phi) is 21.4. The number of nitrogens with zero attached hydrogens (tertiary/aromatic N) is 4. The van der Waals surface area contributed by atoms with Gasteiger partial charge < -0.3 is 37.0 Å². The lowest BCUT2D eigenvalue weighted by atomic mass is 10.0. The van der Waals surface area contributed by atoms with E-state index in [9.17, 15) is 28.6 Å². The van der Waals surface area contributed by atoms with E-state index in [0.717, 1.165) is 5.57 Å². The fourth-order valence-electron chi connectivity index (χ4n) is 6.01. The van der Waals surface area contributed by atoms with Crippen LogP contribution in [0.15, 0.2) is 111 Å². The van der Waals surface area contributed by atoms with Crippen LogP contribution in [-0.4, -0.2) is 72.4 Å². The predicted octanol–water partition coefficient (Wildman–Crippen LogP) is 11.5. The molecule has 6 rings (SSSR count). The van der Waals surface area contributed by atoms with Gasteiger partial charge in [-0.15, -0.1) is 0 Å². The molecule has 0 radical (unpaired) electrons. The zero-order valence-electron chi connectivity index (χ0n) is 37.9. The molecular formula is C51H58Cl2F2N8O5. The number of amides is 1. The first-order chi connectivity index (χ1) is 31.7. The highest BCUT2D eigenvalue weighted by atomic mass is 35.5. The van der Waals surface area contributed by atoms with Gasteiger partial charge in [0.05, 0.1) is 47.6 Å². The van der Waals surface area contributed by atoms with Crippen LogP contribution >= 0.6 is 23.2 Å². The molecule has 17 heteroatoms. The third-order valence-electron chi connectivity index (χ3n) is 10.2. The Hall–Kier alpha value is -6.62. The van der Waals surface area contributed by atoms with Crippen molar-refractivity contribution in [3.05, 3.63) is 155 Å². The molecule has 0 saturated heterocycles. The molecule has 0 fully saturated rings. The number of carboxylic acids is 1. The maximum Gasteiger partial charge on any atom is 0.339 e. The lowest BCUT2D eigenvalue weighted by Crippen LogP contribution is -2.41. The number of aliphatic hydroxyl groups excluding tert-OH is 2. The topological polar surface area (TPSA) is 208 Å². The van der Waals surface area contributed by atoms with Gasteiger partial charge in [0.1, 0.15) is 17.2 Å². The molecule has 0 unspecified atom stereocenters. The van der Waals surface area contributed by atoms with Gasteiger partial charge in [-0.05, 0) is 97.5 Å². The standard InChI is InChI=1S/C25H26ClFN4O2.C20H15ClFN3O2.C5H13NO.CH4/c1-14(2)18-12-29-22(17-9-16(26)5-6-20(17)27)10-23(18)30-21-7-8-28-11-19(21)25(33)31-24(13-32)15(3)4;1-11(2)14-10-24-18(13-7-12(21)3-4-16(13)22)8-19(14)25-17-5-6-23-9-15(17)20(26)27;1-4(2)5(6)3-7;/h5-12,15,24,32H,1,13H2,2-4H3,(H,31,33)(H,28,29,30);3-10H,1H2,2H3,(H,26,27)(H,23,24,25);4-5,7H,3,6H2,1-2H3;1H4/t24-;;5-;/m0.0./s1. The van der Waals surface area contributed by atoms with Gasteiger partial charge in [-0.3, -0.25) is 24.7 Å². The number of aliphatic hydroxyl groups is 2. The molecule has 0 bridgehead atoms. The molecule has 68 heavy (non-hydrogen) atoms. The summed E-state index contributed by atoms with van der Waals surface area (Å²) < 4.78 is 28.7. The lowest BCUT2D eigenvalue weighted by Gasteiger charge is -2.21. The van der Waals surface area contributed by atoms with E-state index in [4.69, 9.17) is 34.0 Å². The Labute approximate surface area is 406 Å². The minimum absolute atomic E-state index is 0. The van der Waals surface area contributed by atoms with E-state index >= 15 is 0 Å². The smallest absolute Gasteiger partial charge is 0.339 e. The maximum absolute atomic E-state index is 14.4. The van der Waals surface area contributed by atoms with Gasteiger partial charge in [-0.2, -0.15) is 0 Å². The largest absolute Gasteiger partial charge is 0.478 e. The maximum atomic E-state index is 14.4. The van der Waals surface area contributed by atoms with E-state index in [1.807, 2.05) is 34.6 Å². The molecule has 8 N–H and O–H groups in total. The van der Waals surface area contributed by atoms with Crippen LogP contribution in [0.3, 0.4) is 0 Å². The van der Waals surface area contributed by atoms with Crippen molar-refractivity contribution in [2.75, 3.05) is 23.8 Å². The molecule has 6 aromatic rings. The van der Waals surface area contributed by atoms with Crippen LogP contribution in [0, 0.1) is 23.5 Å². The number of halogens is 4. The van der Waals surface area contributed by atoms with E-state index in [0.29, 0.717) is 72.4 Å². The molecule has 0 saturated carbocycles. The van der Waals surface area contributed by atoms with Crippen LogP contribution in [0.1, 0.15) is 80.8 Å². The molecule has 360 valence electrons. The fourth-order valence-corrected chi connectivity index (χ4v) is 6.35. The average molecular weight is 972 g/mol. The van der Waals surface area contributed by atoms with Crippen molar-refractivity contribution in [3.63, 3.8) is 0 Å². The van der Waals surface area contributed by atoms with E-state index < -0.39 is 23.6 Å². The number of anilines is 4. The summed E-state index contributed by atoms with van der Waals surface area (Å²) in [7, 11) is 0. The second kappa shape index (κ2) is 26.1. The van der Waals surface area contributed by atoms with Gasteiger partial charge >= 0.3 is 5.97 Å². The second-order valence-electron chi connectivity index (χ2n) is 16.0. The minimum atomic E-state index is -1.11. The first-order valence-electron chi connectivity index (χ1n) is 20.9. The summed E-state index contributed by atoms with van der Waals surface area (Å²) in [4.78, 5) is 40.9. The summed E-state index contributed by atoms with van der Waals surface area (Å²) in [5, 5.41) is 37.2. The molecule has 0 aliphatic carbocycles. The minimum Gasteiger partial charge on any atom is -0.478 e. The van der Waals surface area contributed by atoms with E-state index in [1.165, 1.54) is 55.0 Å². The number of carboxylic acid groups (broad SMARTS) is 1. The number of rotatable bonds is 15. The number of aromatic carboxylic acids is 1. The summed E-state index contributed by atoms with van der Waals surface area (Å²) in [5.74, 6) is -1.95. The number of benzene rings is 2. The van der Waals surface area contributed by atoms with Crippen LogP contribution in [0.5, 0.6) is 0 Å². The Morgan fingerprint density at radius 3 is 1.47 bits per heavy atom. The van der Waals surface area contributed by atoms with Crippen LogP contribution in [0.4, 0.5) is 31.5 Å². The highest BCUT2D eigenvalue weighted by Gasteiger charge is 2.21. The number of hydrogen-bond acceptors (Lipinski definition) is 11. The molecule has 1 amide bonds. The number of hydrogen-bond donors (Lipinski definition) is 7. The fraction of sp³-hybridized carbons (Fsp3) is 0.255. The summed E-state index contributed by atoms with van der Waals surface area (Å²) in [6.07, 6.45) is 8.90. The first-order valence-corrected chi connectivity index (χ1v) is 21.7. The van der Waals surface area contributed by atoms with Gasteiger partial charge in [-0.1, -0.05) is 71.5 Å². The zero-order valence-corrected chi connectivity index (χ0v) is 39.4. The second-order valence-corrected chi connectivity index (χ2v) is 16.9. The quantitative estimate of drug-likeness (QED) is 0.0513. The number of nitrogens with two attached hydrogens (primary N) is 1. The number of aromatic nitrogens is 4. The van der Waals surface area contributed by atoms with Crippen molar-refractivity contribution < 1.29 is 33.7 Å². The Morgan fingerprint density at radius 2 is 1.10 bits per heavy atom. The van der Waals surface area contributed by atoms with Crippen LogP contribution in [0.25, 0.3) is 33.7 Å².